The molecule has 1 aliphatic rings. The molecule has 0 spiro atoms. The number of nitro benzene ring substituents is 1. The molecule has 0 fully saturated rings. The number of esters is 2. The Kier molecular flexibility index (Phi) is 8.22. The summed E-state index contributed by atoms with van der Waals surface area (Å²) in [5.41, 5.74) is 1.19. The predicted octanol–water partition coefficient (Wildman–Crippen LogP) is 3.15. The summed E-state index contributed by atoms with van der Waals surface area (Å²) in [6.45, 7) is 1.85. The molecular formula is C29H23N3O9S. The number of ether oxygens (including phenoxy) is 3. The highest BCUT2D eigenvalue weighted by molar-refractivity contribution is 7.07. The third-order valence-corrected chi connectivity index (χ3v) is 7.28. The molecule has 12 nitrogen and oxygen atoms in total. The molecule has 0 bridgehead atoms. The van der Waals surface area contributed by atoms with Crippen molar-refractivity contribution in [2.75, 3.05) is 20.3 Å². The molecule has 42 heavy (non-hydrogen) atoms. The van der Waals surface area contributed by atoms with Crippen molar-refractivity contribution in [2.45, 2.75) is 13.0 Å². The molecule has 4 aromatic rings. The minimum Gasteiger partial charge on any atom is -0.460 e. The zero-order valence-corrected chi connectivity index (χ0v) is 23.2. The van der Waals surface area contributed by atoms with Gasteiger partial charge in [-0.1, -0.05) is 23.5 Å². The first kappa shape index (κ1) is 28.4. The SMILES string of the molecule is COCCOC(=O)C1=C(C)N=c2s/c(=C/c3ccc([N+](=O)[O-])cc3)c(=O)n2C1c1ccc(OC(=O)c2ccco2)cc1. The van der Waals surface area contributed by atoms with Crippen molar-refractivity contribution in [1.29, 1.82) is 0 Å². The number of fused-ring (bicyclic) bond motifs is 1. The number of aromatic nitrogens is 1. The lowest BCUT2D eigenvalue weighted by Gasteiger charge is -2.25. The molecule has 0 N–H and O–H groups in total. The van der Waals surface area contributed by atoms with E-state index in [0.717, 1.165) is 11.3 Å². The Morgan fingerprint density at radius 1 is 1.10 bits per heavy atom. The second-order valence-corrected chi connectivity index (χ2v) is 10.0. The third-order valence-electron chi connectivity index (χ3n) is 6.29. The molecule has 0 aliphatic carbocycles. The number of carbonyl (C=O) groups excluding carboxylic acids is 2. The highest BCUT2D eigenvalue weighted by Crippen LogP contribution is 2.32. The van der Waals surface area contributed by atoms with Crippen molar-refractivity contribution < 1.29 is 33.1 Å². The van der Waals surface area contributed by atoms with E-state index < -0.39 is 28.5 Å². The van der Waals surface area contributed by atoms with Crippen LogP contribution in [0.5, 0.6) is 5.75 Å². The number of non-ortho nitro benzene ring substituents is 1. The van der Waals surface area contributed by atoms with Gasteiger partial charge in [0.05, 0.1) is 39.6 Å². The first-order valence-corrected chi connectivity index (χ1v) is 13.4. The lowest BCUT2D eigenvalue weighted by molar-refractivity contribution is -0.384. The van der Waals surface area contributed by atoms with Crippen molar-refractivity contribution in [3.8, 4) is 5.75 Å². The number of hydrogen-bond donors (Lipinski definition) is 0. The zero-order valence-electron chi connectivity index (χ0n) is 22.3. The predicted molar refractivity (Wildman–Crippen MR) is 150 cm³/mol. The van der Waals surface area contributed by atoms with Crippen LogP contribution in [0, 0.1) is 10.1 Å². The number of hydrogen-bond acceptors (Lipinski definition) is 11. The van der Waals surface area contributed by atoms with Crippen LogP contribution < -0.4 is 19.6 Å². The van der Waals surface area contributed by atoms with Gasteiger partial charge in [-0.3, -0.25) is 19.5 Å². The third kappa shape index (κ3) is 5.82. The van der Waals surface area contributed by atoms with Crippen LogP contribution in [0.1, 0.15) is 34.6 Å². The van der Waals surface area contributed by atoms with Gasteiger partial charge in [-0.25, -0.2) is 14.6 Å². The quantitative estimate of drug-likeness (QED) is 0.0942. The molecule has 0 amide bonds. The molecule has 1 aliphatic heterocycles. The smallest absolute Gasteiger partial charge is 0.379 e. The van der Waals surface area contributed by atoms with E-state index in [1.807, 2.05) is 0 Å². The van der Waals surface area contributed by atoms with Gasteiger partial charge in [0, 0.05) is 19.2 Å². The van der Waals surface area contributed by atoms with Crippen molar-refractivity contribution in [3.63, 3.8) is 0 Å². The number of nitrogens with zero attached hydrogens (tertiary/aromatic N) is 3. The number of thiazole rings is 1. The van der Waals surface area contributed by atoms with E-state index in [0.29, 0.717) is 26.2 Å². The van der Waals surface area contributed by atoms with Gasteiger partial charge in [0.1, 0.15) is 12.4 Å². The molecule has 214 valence electrons. The standard InChI is InChI=1S/C29H23N3O9S/c1-17-24(28(35)40-15-14-38-2)25(19-7-11-21(12-8-19)41-27(34)22-4-3-13-39-22)31-26(33)23(42-29(31)30-17)16-18-5-9-20(10-6-18)32(36)37/h3-13,16,25H,14-15H2,1-2H3/b23-16+. The number of nitro groups is 1. The van der Waals surface area contributed by atoms with Gasteiger partial charge in [0.15, 0.2) is 4.80 Å². The first-order valence-electron chi connectivity index (χ1n) is 12.6. The summed E-state index contributed by atoms with van der Waals surface area (Å²) in [6.07, 6.45) is 2.97. The van der Waals surface area contributed by atoms with Crippen molar-refractivity contribution in [2.24, 2.45) is 4.99 Å². The van der Waals surface area contributed by atoms with E-state index in [4.69, 9.17) is 18.6 Å². The van der Waals surface area contributed by atoms with Gasteiger partial charge in [-0.05, 0) is 60.5 Å². The summed E-state index contributed by atoms with van der Waals surface area (Å²) in [7, 11) is 1.48. The maximum Gasteiger partial charge on any atom is 0.379 e. The number of carbonyl (C=O) groups is 2. The molecule has 5 rings (SSSR count). The molecule has 0 saturated heterocycles. The number of rotatable bonds is 9. The summed E-state index contributed by atoms with van der Waals surface area (Å²) < 4.78 is 22.6. The number of benzene rings is 2. The minimum atomic E-state index is -0.898. The van der Waals surface area contributed by atoms with E-state index in [2.05, 4.69) is 4.99 Å². The van der Waals surface area contributed by atoms with E-state index in [9.17, 15) is 24.5 Å². The molecular weight excluding hydrogens is 566 g/mol. The van der Waals surface area contributed by atoms with Crippen LogP contribution in [0.4, 0.5) is 5.69 Å². The second-order valence-electron chi connectivity index (χ2n) is 9.00. The second kappa shape index (κ2) is 12.2. The lowest BCUT2D eigenvalue weighted by Crippen LogP contribution is -2.40. The molecule has 1 unspecified atom stereocenters. The average molecular weight is 590 g/mol. The summed E-state index contributed by atoms with van der Waals surface area (Å²) in [5.74, 6) is -1.06. The van der Waals surface area contributed by atoms with Crippen molar-refractivity contribution in [1.82, 2.24) is 4.57 Å². The Hall–Kier alpha value is -5.14. The summed E-state index contributed by atoms with van der Waals surface area (Å²) in [5, 5.41) is 11.0. The van der Waals surface area contributed by atoms with E-state index in [1.54, 1.807) is 55.5 Å². The fraction of sp³-hybridized carbons (Fsp3) is 0.172. The van der Waals surface area contributed by atoms with Crippen LogP contribution in [0.3, 0.4) is 0 Å². The number of allylic oxidation sites excluding steroid dienone is 1. The van der Waals surface area contributed by atoms with E-state index >= 15 is 0 Å². The number of furan rings is 1. The lowest BCUT2D eigenvalue weighted by atomic mass is 9.96. The van der Waals surface area contributed by atoms with Crippen LogP contribution >= 0.6 is 11.3 Å². The Balaban J connectivity index is 1.56. The normalized spacial score (nSPS) is 14.7. The maximum absolute atomic E-state index is 13.8. The van der Waals surface area contributed by atoms with Gasteiger partial charge in [0.2, 0.25) is 5.76 Å². The topological polar surface area (TPSA) is 152 Å². The molecule has 3 heterocycles. The Labute approximate surface area is 241 Å². The molecule has 0 saturated carbocycles. The van der Waals surface area contributed by atoms with Crippen LogP contribution in [0.2, 0.25) is 0 Å². The van der Waals surface area contributed by atoms with Gasteiger partial charge in [-0.15, -0.1) is 0 Å². The summed E-state index contributed by atoms with van der Waals surface area (Å²) in [6, 6.07) is 14.3. The maximum atomic E-state index is 13.8. The minimum absolute atomic E-state index is 0.00503. The number of methoxy groups -OCH3 is 1. The Morgan fingerprint density at radius 2 is 1.83 bits per heavy atom. The summed E-state index contributed by atoms with van der Waals surface area (Å²) >= 11 is 1.12. The van der Waals surface area contributed by atoms with Gasteiger partial charge < -0.3 is 18.6 Å². The highest BCUT2D eigenvalue weighted by atomic mass is 32.1. The molecule has 0 radical (unpaired) electrons. The highest BCUT2D eigenvalue weighted by Gasteiger charge is 2.33. The molecule has 1 atom stereocenters. The van der Waals surface area contributed by atoms with Crippen molar-refractivity contribution >= 4 is 35.0 Å². The average Bonchev–Trinajstić information content (AvgIpc) is 3.62. The fourth-order valence-corrected chi connectivity index (χ4v) is 5.35. The molecule has 2 aromatic carbocycles. The van der Waals surface area contributed by atoms with Crippen LogP contribution in [0.15, 0.2) is 92.4 Å². The van der Waals surface area contributed by atoms with Gasteiger partial charge in [-0.2, -0.15) is 0 Å². The van der Waals surface area contributed by atoms with Crippen LogP contribution in [-0.2, 0) is 14.3 Å². The first-order chi connectivity index (χ1) is 20.3. The van der Waals surface area contributed by atoms with E-state index in [1.165, 1.54) is 36.1 Å². The Morgan fingerprint density at radius 3 is 2.48 bits per heavy atom. The molecule has 13 heteroatoms. The Bertz CT molecular complexity index is 1850. The van der Waals surface area contributed by atoms with Crippen LogP contribution in [0.25, 0.3) is 6.08 Å². The zero-order chi connectivity index (χ0) is 29.8. The largest absolute Gasteiger partial charge is 0.460 e. The van der Waals surface area contributed by atoms with Crippen LogP contribution in [-0.4, -0.2) is 41.8 Å². The summed E-state index contributed by atoms with van der Waals surface area (Å²) in [4.78, 5) is 54.7. The fourth-order valence-electron chi connectivity index (χ4n) is 4.31. The van der Waals surface area contributed by atoms with E-state index in [-0.39, 0.29) is 36.0 Å². The van der Waals surface area contributed by atoms with Gasteiger partial charge >= 0.3 is 11.9 Å². The van der Waals surface area contributed by atoms with Crippen molar-refractivity contribution in [3.05, 3.63) is 125 Å². The molecule has 2 aromatic heterocycles. The monoisotopic (exact) mass is 589 g/mol. The van der Waals surface area contributed by atoms with Gasteiger partial charge in [0.25, 0.3) is 11.2 Å².